The first-order chi connectivity index (χ1) is 13.2. The Morgan fingerprint density at radius 3 is 2.85 bits per heavy atom. The summed E-state index contributed by atoms with van der Waals surface area (Å²) < 4.78 is 11.8. The molecule has 5 nitrogen and oxygen atoms in total. The molecule has 1 fully saturated rings. The van der Waals surface area contributed by atoms with E-state index in [0.29, 0.717) is 6.42 Å². The van der Waals surface area contributed by atoms with Gasteiger partial charge in [0.05, 0.1) is 12.1 Å². The Morgan fingerprint density at radius 2 is 2.04 bits per heavy atom. The highest BCUT2D eigenvalue weighted by molar-refractivity contribution is 6.03. The Kier molecular flexibility index (Phi) is 3.67. The van der Waals surface area contributed by atoms with Gasteiger partial charge in [-0.15, -0.1) is 0 Å². The van der Waals surface area contributed by atoms with Gasteiger partial charge in [0, 0.05) is 36.3 Å². The van der Waals surface area contributed by atoms with Crippen molar-refractivity contribution in [2.75, 3.05) is 12.0 Å². The second kappa shape index (κ2) is 6.08. The molecule has 5 heteroatoms. The number of H-pyrrole nitrogens is 1. The lowest BCUT2D eigenvalue weighted by Crippen LogP contribution is -2.39. The van der Waals surface area contributed by atoms with Crippen molar-refractivity contribution in [2.45, 2.75) is 24.7 Å². The quantitative estimate of drug-likeness (QED) is 0.766. The SMILES string of the molecule is CO[C@@H]1CC=C2N(c3ccc4[nH]ccc4c3)C(=O)C[C@]2(c2ccccc2)O1. The molecule has 3 aromatic rings. The molecule has 0 aliphatic carbocycles. The molecule has 1 aromatic heterocycles. The van der Waals surface area contributed by atoms with E-state index in [9.17, 15) is 4.79 Å². The Labute approximate surface area is 157 Å². The van der Waals surface area contributed by atoms with Crippen LogP contribution in [0.25, 0.3) is 10.9 Å². The molecule has 0 unspecified atom stereocenters. The van der Waals surface area contributed by atoms with E-state index in [1.165, 1.54) is 0 Å². The summed E-state index contributed by atoms with van der Waals surface area (Å²) in [6.07, 6.45) is 4.48. The number of hydrogen-bond donors (Lipinski definition) is 1. The highest BCUT2D eigenvalue weighted by atomic mass is 16.7. The van der Waals surface area contributed by atoms with E-state index >= 15 is 0 Å². The van der Waals surface area contributed by atoms with Gasteiger partial charge in [0.25, 0.3) is 0 Å². The van der Waals surface area contributed by atoms with Crippen LogP contribution in [0.5, 0.6) is 0 Å². The predicted molar refractivity (Wildman–Crippen MR) is 103 cm³/mol. The maximum atomic E-state index is 13.1. The molecule has 1 amide bonds. The number of rotatable bonds is 3. The highest BCUT2D eigenvalue weighted by Gasteiger charge is 2.53. The smallest absolute Gasteiger partial charge is 0.235 e. The zero-order chi connectivity index (χ0) is 18.4. The van der Waals surface area contributed by atoms with E-state index in [1.54, 1.807) is 12.0 Å². The average molecular weight is 360 g/mol. The molecule has 0 saturated carbocycles. The van der Waals surface area contributed by atoms with Crippen LogP contribution >= 0.6 is 0 Å². The van der Waals surface area contributed by atoms with Crippen molar-refractivity contribution in [3.63, 3.8) is 0 Å². The number of aromatic amines is 1. The largest absolute Gasteiger partial charge is 0.361 e. The van der Waals surface area contributed by atoms with Crippen LogP contribution in [0.4, 0.5) is 5.69 Å². The number of hydrogen-bond acceptors (Lipinski definition) is 3. The van der Waals surface area contributed by atoms with Crippen molar-refractivity contribution in [3.8, 4) is 0 Å². The van der Waals surface area contributed by atoms with Crippen LogP contribution in [0, 0.1) is 0 Å². The van der Waals surface area contributed by atoms with Crippen LogP contribution in [-0.4, -0.2) is 24.3 Å². The van der Waals surface area contributed by atoms with Crippen molar-refractivity contribution in [1.29, 1.82) is 0 Å². The molecule has 0 radical (unpaired) electrons. The number of carbonyl (C=O) groups excluding carboxylic acids is 1. The minimum Gasteiger partial charge on any atom is -0.361 e. The van der Waals surface area contributed by atoms with Gasteiger partial charge in [-0.3, -0.25) is 9.69 Å². The van der Waals surface area contributed by atoms with Crippen LogP contribution in [0.3, 0.4) is 0 Å². The highest BCUT2D eigenvalue weighted by Crippen LogP contribution is 2.50. The van der Waals surface area contributed by atoms with E-state index < -0.39 is 5.60 Å². The first kappa shape index (κ1) is 16.3. The van der Waals surface area contributed by atoms with E-state index in [4.69, 9.17) is 9.47 Å². The van der Waals surface area contributed by atoms with Crippen LogP contribution in [-0.2, 0) is 19.9 Å². The second-order valence-corrected chi connectivity index (χ2v) is 6.96. The lowest BCUT2D eigenvalue weighted by atomic mass is 9.87. The van der Waals surface area contributed by atoms with Gasteiger partial charge >= 0.3 is 0 Å². The average Bonchev–Trinajstić information content (AvgIpc) is 3.29. The fraction of sp³-hybridized carbons (Fsp3) is 0.227. The Bertz CT molecular complexity index is 1040. The van der Waals surface area contributed by atoms with Gasteiger partial charge < -0.3 is 14.5 Å². The van der Waals surface area contributed by atoms with Crippen LogP contribution < -0.4 is 4.90 Å². The maximum Gasteiger partial charge on any atom is 0.235 e. The molecule has 5 rings (SSSR count). The van der Waals surface area contributed by atoms with Gasteiger partial charge in [0.15, 0.2) is 6.29 Å². The van der Waals surface area contributed by atoms with Gasteiger partial charge in [-0.05, 0) is 29.8 Å². The Morgan fingerprint density at radius 1 is 1.19 bits per heavy atom. The van der Waals surface area contributed by atoms with Gasteiger partial charge in [-0.2, -0.15) is 0 Å². The number of ether oxygens (including phenoxy) is 2. The van der Waals surface area contributed by atoms with Crippen molar-refractivity contribution < 1.29 is 14.3 Å². The summed E-state index contributed by atoms with van der Waals surface area (Å²) in [7, 11) is 1.64. The van der Waals surface area contributed by atoms with Crippen molar-refractivity contribution in [1.82, 2.24) is 4.98 Å². The summed E-state index contributed by atoms with van der Waals surface area (Å²) in [4.78, 5) is 18.1. The molecular formula is C22H20N2O3. The van der Waals surface area contributed by atoms with E-state index in [2.05, 4.69) is 11.1 Å². The first-order valence-corrected chi connectivity index (χ1v) is 9.08. The van der Waals surface area contributed by atoms with Crippen molar-refractivity contribution in [3.05, 3.63) is 78.1 Å². The summed E-state index contributed by atoms with van der Waals surface area (Å²) in [5.74, 6) is 0.0248. The Hall–Kier alpha value is -2.89. The summed E-state index contributed by atoms with van der Waals surface area (Å²) in [6.45, 7) is 0. The summed E-state index contributed by atoms with van der Waals surface area (Å²) in [5, 5.41) is 1.07. The van der Waals surface area contributed by atoms with Gasteiger partial charge in [-0.25, -0.2) is 0 Å². The maximum absolute atomic E-state index is 13.1. The predicted octanol–water partition coefficient (Wildman–Crippen LogP) is 4.08. The second-order valence-electron chi connectivity index (χ2n) is 6.96. The molecule has 2 aliphatic rings. The van der Waals surface area contributed by atoms with Crippen molar-refractivity contribution in [2.24, 2.45) is 0 Å². The topological polar surface area (TPSA) is 54.6 Å². The third-order valence-electron chi connectivity index (χ3n) is 5.44. The number of nitrogens with one attached hydrogen (secondary N) is 1. The number of anilines is 1. The van der Waals surface area contributed by atoms with E-state index in [0.717, 1.165) is 27.9 Å². The lowest BCUT2D eigenvalue weighted by molar-refractivity contribution is -0.194. The monoisotopic (exact) mass is 360 g/mol. The molecule has 0 bridgehead atoms. The molecule has 2 atom stereocenters. The van der Waals surface area contributed by atoms with Crippen molar-refractivity contribution >= 4 is 22.5 Å². The van der Waals surface area contributed by atoms with E-state index in [-0.39, 0.29) is 18.6 Å². The van der Waals surface area contributed by atoms with Crippen LogP contribution in [0.1, 0.15) is 18.4 Å². The fourth-order valence-electron chi connectivity index (χ4n) is 4.17. The summed E-state index contributed by atoms with van der Waals surface area (Å²) in [5.41, 5.74) is 2.94. The normalized spacial score (nSPS) is 24.9. The number of carbonyl (C=O) groups is 1. The molecule has 27 heavy (non-hydrogen) atoms. The number of methoxy groups -OCH3 is 1. The first-order valence-electron chi connectivity index (χ1n) is 9.08. The fourth-order valence-corrected chi connectivity index (χ4v) is 4.17. The van der Waals surface area contributed by atoms with Gasteiger partial charge in [0.1, 0.15) is 5.60 Å². The third kappa shape index (κ3) is 2.43. The molecule has 3 heterocycles. The molecule has 2 aromatic carbocycles. The minimum atomic E-state index is -0.815. The van der Waals surface area contributed by atoms with Gasteiger partial charge in [0.2, 0.25) is 5.91 Å². The molecule has 2 aliphatic heterocycles. The summed E-state index contributed by atoms with van der Waals surface area (Å²) >= 11 is 0. The van der Waals surface area contributed by atoms with Gasteiger partial charge in [-0.1, -0.05) is 36.4 Å². The van der Waals surface area contributed by atoms with E-state index in [1.807, 2.05) is 60.8 Å². The number of aromatic nitrogens is 1. The molecular weight excluding hydrogens is 340 g/mol. The lowest BCUT2D eigenvalue weighted by Gasteiger charge is -2.38. The number of amides is 1. The number of benzene rings is 2. The molecule has 136 valence electrons. The Balaban J connectivity index is 1.66. The van der Waals surface area contributed by atoms with Crippen LogP contribution in [0.2, 0.25) is 0 Å². The molecule has 1 saturated heterocycles. The number of fused-ring (bicyclic) bond motifs is 2. The molecule has 0 spiro atoms. The number of nitrogens with zero attached hydrogens (tertiary/aromatic N) is 1. The summed E-state index contributed by atoms with van der Waals surface area (Å²) in [6, 6.07) is 18.0. The zero-order valence-electron chi connectivity index (χ0n) is 15.0. The van der Waals surface area contributed by atoms with Crippen LogP contribution in [0.15, 0.2) is 72.6 Å². The third-order valence-corrected chi connectivity index (χ3v) is 5.44. The minimum absolute atomic E-state index is 0.0248. The zero-order valence-corrected chi connectivity index (χ0v) is 15.0. The molecule has 1 N–H and O–H groups in total. The standard InChI is InChI=1S/C22H20N2O3/c1-26-21-10-9-19-22(27-21,16-5-3-2-4-6-16)14-20(25)24(19)17-7-8-18-15(13-17)11-12-23-18/h2-9,11-13,21,23H,10,14H2,1H3/t21-,22+/m0/s1.